The third-order valence-corrected chi connectivity index (χ3v) is 4.42. The van der Waals surface area contributed by atoms with E-state index in [4.69, 9.17) is 0 Å². The van der Waals surface area contributed by atoms with Crippen LogP contribution in [0, 0.1) is 0 Å². The lowest BCUT2D eigenvalue weighted by Crippen LogP contribution is -2.46. The summed E-state index contributed by atoms with van der Waals surface area (Å²) in [4.78, 5) is 14.1. The second-order valence-corrected chi connectivity index (χ2v) is 6.25. The molecular formula is C16H33N3O. The molecule has 1 aliphatic rings. The molecular weight excluding hydrogens is 250 g/mol. The number of carbonyl (C=O) groups is 1. The van der Waals surface area contributed by atoms with Crippen molar-refractivity contribution in [3.05, 3.63) is 0 Å². The molecule has 0 bridgehead atoms. The summed E-state index contributed by atoms with van der Waals surface area (Å²) in [6.45, 7) is 8.02. The molecule has 1 rings (SSSR count). The van der Waals surface area contributed by atoms with Gasteiger partial charge in [-0.25, -0.2) is 0 Å². The number of hydrogen-bond donors (Lipinski definition) is 2. The number of carbonyl (C=O) groups excluding carboxylic acids is 1. The van der Waals surface area contributed by atoms with E-state index < -0.39 is 0 Å². The van der Waals surface area contributed by atoms with Crippen LogP contribution in [0.15, 0.2) is 0 Å². The monoisotopic (exact) mass is 283 g/mol. The summed E-state index contributed by atoms with van der Waals surface area (Å²) in [5.41, 5.74) is 0. The molecule has 1 fully saturated rings. The van der Waals surface area contributed by atoms with Crippen molar-refractivity contribution in [1.82, 2.24) is 15.5 Å². The van der Waals surface area contributed by atoms with Crippen LogP contribution in [0.25, 0.3) is 0 Å². The average Bonchev–Trinajstić information content (AvgIpc) is 2.45. The first-order valence-corrected chi connectivity index (χ1v) is 8.29. The van der Waals surface area contributed by atoms with Gasteiger partial charge in [0.05, 0.1) is 6.54 Å². The lowest BCUT2D eigenvalue weighted by Gasteiger charge is -2.34. The van der Waals surface area contributed by atoms with Gasteiger partial charge in [-0.15, -0.1) is 0 Å². The molecule has 1 unspecified atom stereocenters. The number of rotatable bonds is 8. The number of nitrogens with zero attached hydrogens (tertiary/aromatic N) is 1. The van der Waals surface area contributed by atoms with E-state index in [-0.39, 0.29) is 11.9 Å². The molecule has 2 N–H and O–H groups in total. The highest BCUT2D eigenvalue weighted by Crippen LogP contribution is 2.22. The summed E-state index contributed by atoms with van der Waals surface area (Å²) in [6.07, 6.45) is 7.08. The predicted molar refractivity (Wildman–Crippen MR) is 84.9 cm³/mol. The Kier molecular flexibility index (Phi) is 8.15. The zero-order valence-electron chi connectivity index (χ0n) is 13.7. The standard InChI is InChI=1S/C16H33N3O/c1-5-11-17-14-7-9-15(10-8-14)19(4)12-16(20)18-13(3)6-2/h13-15,17H,5-12H2,1-4H3,(H,18,20). The Morgan fingerprint density at radius 1 is 1.25 bits per heavy atom. The van der Waals surface area contributed by atoms with Gasteiger partial charge in [0.25, 0.3) is 0 Å². The van der Waals surface area contributed by atoms with Gasteiger partial charge in [-0.05, 0) is 59.0 Å². The number of likely N-dealkylation sites (N-methyl/N-ethyl adjacent to an activating group) is 1. The van der Waals surface area contributed by atoms with Crippen molar-refractivity contribution in [3.63, 3.8) is 0 Å². The third-order valence-electron chi connectivity index (χ3n) is 4.42. The predicted octanol–water partition coefficient (Wildman–Crippen LogP) is 2.14. The Balaban J connectivity index is 2.24. The van der Waals surface area contributed by atoms with Gasteiger partial charge in [0.2, 0.25) is 5.91 Å². The van der Waals surface area contributed by atoms with Crippen LogP contribution < -0.4 is 10.6 Å². The highest BCUT2D eigenvalue weighted by atomic mass is 16.2. The van der Waals surface area contributed by atoms with E-state index in [1.54, 1.807) is 0 Å². The Morgan fingerprint density at radius 3 is 2.45 bits per heavy atom. The first-order valence-electron chi connectivity index (χ1n) is 8.29. The van der Waals surface area contributed by atoms with Gasteiger partial charge in [-0.1, -0.05) is 13.8 Å². The van der Waals surface area contributed by atoms with Crippen LogP contribution in [0.1, 0.15) is 59.3 Å². The van der Waals surface area contributed by atoms with E-state index in [0.29, 0.717) is 18.6 Å². The maximum absolute atomic E-state index is 11.9. The normalized spacial score (nSPS) is 24.6. The summed E-state index contributed by atoms with van der Waals surface area (Å²) in [6, 6.07) is 1.54. The van der Waals surface area contributed by atoms with Crippen LogP contribution in [0.2, 0.25) is 0 Å². The van der Waals surface area contributed by atoms with Crippen molar-refractivity contribution in [1.29, 1.82) is 0 Å². The SMILES string of the molecule is CCCNC1CCC(N(C)CC(=O)NC(C)CC)CC1. The summed E-state index contributed by atoms with van der Waals surface area (Å²) >= 11 is 0. The Hall–Kier alpha value is -0.610. The zero-order chi connectivity index (χ0) is 15.0. The molecule has 20 heavy (non-hydrogen) atoms. The molecule has 0 aromatic carbocycles. The quantitative estimate of drug-likeness (QED) is 0.717. The van der Waals surface area contributed by atoms with Gasteiger partial charge in [-0.2, -0.15) is 0 Å². The van der Waals surface area contributed by atoms with Crippen molar-refractivity contribution in [2.75, 3.05) is 20.1 Å². The minimum atomic E-state index is 0.160. The van der Waals surface area contributed by atoms with Gasteiger partial charge >= 0.3 is 0 Å². The van der Waals surface area contributed by atoms with E-state index in [1.807, 2.05) is 0 Å². The Labute approximate surface area is 124 Å². The van der Waals surface area contributed by atoms with E-state index in [0.717, 1.165) is 13.0 Å². The second-order valence-electron chi connectivity index (χ2n) is 6.25. The molecule has 0 radical (unpaired) electrons. The summed E-state index contributed by atoms with van der Waals surface area (Å²) < 4.78 is 0. The molecule has 118 valence electrons. The lowest BCUT2D eigenvalue weighted by molar-refractivity contribution is -0.123. The summed E-state index contributed by atoms with van der Waals surface area (Å²) in [5, 5.41) is 6.65. The molecule has 0 aromatic heterocycles. The van der Waals surface area contributed by atoms with Crippen LogP contribution >= 0.6 is 0 Å². The van der Waals surface area contributed by atoms with Crippen LogP contribution in [0.3, 0.4) is 0 Å². The molecule has 1 saturated carbocycles. The topological polar surface area (TPSA) is 44.4 Å². The van der Waals surface area contributed by atoms with Gasteiger partial charge in [0.15, 0.2) is 0 Å². The third kappa shape index (κ3) is 6.23. The molecule has 4 heteroatoms. The Bertz CT molecular complexity index is 275. The minimum Gasteiger partial charge on any atom is -0.353 e. The molecule has 0 saturated heterocycles. The van der Waals surface area contributed by atoms with Gasteiger partial charge in [0, 0.05) is 18.1 Å². The van der Waals surface area contributed by atoms with Crippen molar-refractivity contribution in [2.24, 2.45) is 0 Å². The largest absolute Gasteiger partial charge is 0.353 e. The number of nitrogens with one attached hydrogen (secondary N) is 2. The average molecular weight is 283 g/mol. The summed E-state index contributed by atoms with van der Waals surface area (Å²) in [7, 11) is 2.08. The maximum atomic E-state index is 11.9. The molecule has 0 spiro atoms. The molecule has 1 aliphatic carbocycles. The molecule has 0 aromatic rings. The molecule has 4 nitrogen and oxygen atoms in total. The fourth-order valence-corrected chi connectivity index (χ4v) is 2.85. The van der Waals surface area contributed by atoms with Crippen LogP contribution in [0.5, 0.6) is 0 Å². The molecule has 1 amide bonds. The minimum absolute atomic E-state index is 0.160. The second kappa shape index (κ2) is 9.35. The van der Waals surface area contributed by atoms with Gasteiger partial charge in [-0.3, -0.25) is 9.69 Å². The first-order chi connectivity index (χ1) is 9.56. The lowest BCUT2D eigenvalue weighted by atomic mass is 9.90. The van der Waals surface area contributed by atoms with E-state index in [1.165, 1.54) is 32.1 Å². The van der Waals surface area contributed by atoms with Gasteiger partial charge < -0.3 is 10.6 Å². The number of amides is 1. The van der Waals surface area contributed by atoms with Crippen LogP contribution in [0.4, 0.5) is 0 Å². The first kappa shape index (κ1) is 17.4. The zero-order valence-corrected chi connectivity index (χ0v) is 13.7. The maximum Gasteiger partial charge on any atom is 0.234 e. The fourth-order valence-electron chi connectivity index (χ4n) is 2.85. The summed E-state index contributed by atoms with van der Waals surface area (Å²) in [5.74, 6) is 0.160. The molecule has 1 atom stereocenters. The smallest absolute Gasteiger partial charge is 0.234 e. The molecule has 0 aliphatic heterocycles. The van der Waals surface area contributed by atoms with E-state index >= 15 is 0 Å². The van der Waals surface area contributed by atoms with Crippen molar-refractivity contribution >= 4 is 5.91 Å². The number of hydrogen-bond acceptors (Lipinski definition) is 3. The van der Waals surface area contributed by atoms with E-state index in [9.17, 15) is 4.79 Å². The Morgan fingerprint density at radius 2 is 1.90 bits per heavy atom. The molecule has 0 heterocycles. The highest BCUT2D eigenvalue weighted by Gasteiger charge is 2.24. The fraction of sp³-hybridized carbons (Fsp3) is 0.938. The van der Waals surface area contributed by atoms with Crippen molar-refractivity contribution in [3.8, 4) is 0 Å². The van der Waals surface area contributed by atoms with Crippen molar-refractivity contribution < 1.29 is 4.79 Å². The highest BCUT2D eigenvalue weighted by molar-refractivity contribution is 5.78. The van der Waals surface area contributed by atoms with Gasteiger partial charge in [0.1, 0.15) is 0 Å². The van der Waals surface area contributed by atoms with E-state index in [2.05, 4.69) is 43.4 Å². The van der Waals surface area contributed by atoms with Crippen LogP contribution in [-0.4, -0.2) is 49.1 Å². The van der Waals surface area contributed by atoms with Crippen molar-refractivity contribution in [2.45, 2.75) is 77.4 Å². The van der Waals surface area contributed by atoms with Crippen LogP contribution in [-0.2, 0) is 4.79 Å².